The molecule has 0 fully saturated rings. The van der Waals surface area contributed by atoms with E-state index in [1.54, 1.807) is 18.5 Å². The summed E-state index contributed by atoms with van der Waals surface area (Å²) in [6.45, 7) is 4.04. The lowest BCUT2D eigenvalue weighted by atomic mass is 9.77. The summed E-state index contributed by atoms with van der Waals surface area (Å²) in [6, 6.07) is 11.2. The molecule has 1 aromatic heterocycles. The Morgan fingerprint density at radius 2 is 2.14 bits per heavy atom. The fourth-order valence-electron chi connectivity index (χ4n) is 2.38. The van der Waals surface area contributed by atoms with Crippen molar-refractivity contribution in [3.05, 3.63) is 59.9 Å². The van der Waals surface area contributed by atoms with E-state index in [-0.39, 0.29) is 5.97 Å². The Bertz CT molecular complexity index is 613. The quantitative estimate of drug-likeness (QED) is 0.677. The van der Waals surface area contributed by atoms with Gasteiger partial charge in [-0.1, -0.05) is 18.2 Å². The molecular weight excluding hydrogens is 264 g/mol. The van der Waals surface area contributed by atoms with Crippen LogP contribution in [0.15, 0.2) is 48.8 Å². The van der Waals surface area contributed by atoms with E-state index in [0.717, 1.165) is 11.1 Å². The third-order valence-corrected chi connectivity index (χ3v) is 3.53. The van der Waals surface area contributed by atoms with Gasteiger partial charge in [-0.25, -0.2) is 0 Å². The third-order valence-electron chi connectivity index (χ3n) is 3.53. The topological polar surface area (TPSA) is 65.2 Å². The van der Waals surface area contributed by atoms with Crippen molar-refractivity contribution in [1.82, 2.24) is 4.98 Å². The van der Waals surface area contributed by atoms with Crippen LogP contribution < -0.4 is 5.73 Å². The molecule has 0 spiro atoms. The van der Waals surface area contributed by atoms with Gasteiger partial charge in [0.25, 0.3) is 0 Å². The minimum atomic E-state index is -0.783. The van der Waals surface area contributed by atoms with Gasteiger partial charge in [0, 0.05) is 18.1 Å². The Kier molecular flexibility index (Phi) is 4.58. The van der Waals surface area contributed by atoms with Gasteiger partial charge in [-0.2, -0.15) is 0 Å². The second-order valence-corrected chi connectivity index (χ2v) is 5.22. The van der Waals surface area contributed by atoms with Crippen LogP contribution >= 0.6 is 0 Å². The van der Waals surface area contributed by atoms with Crippen molar-refractivity contribution in [2.75, 3.05) is 12.3 Å². The molecule has 21 heavy (non-hydrogen) atoms. The van der Waals surface area contributed by atoms with Crippen LogP contribution in [0.5, 0.6) is 0 Å². The number of rotatable bonds is 5. The molecule has 0 amide bonds. The van der Waals surface area contributed by atoms with Gasteiger partial charge in [-0.3, -0.25) is 9.78 Å². The lowest BCUT2D eigenvalue weighted by Crippen LogP contribution is -2.36. The van der Waals surface area contributed by atoms with Gasteiger partial charge in [0.1, 0.15) is 0 Å². The first-order valence-electron chi connectivity index (χ1n) is 6.98. The van der Waals surface area contributed by atoms with Gasteiger partial charge in [0.05, 0.1) is 12.0 Å². The van der Waals surface area contributed by atoms with Crippen LogP contribution in [-0.4, -0.2) is 17.6 Å². The number of carbonyl (C=O) groups is 1. The predicted octanol–water partition coefficient (Wildman–Crippen LogP) is 2.73. The summed E-state index contributed by atoms with van der Waals surface area (Å²) >= 11 is 0. The average molecular weight is 284 g/mol. The zero-order valence-corrected chi connectivity index (χ0v) is 12.4. The second kappa shape index (κ2) is 6.39. The molecule has 2 aromatic rings. The van der Waals surface area contributed by atoms with E-state index in [4.69, 9.17) is 10.5 Å². The zero-order valence-electron chi connectivity index (χ0n) is 12.4. The van der Waals surface area contributed by atoms with Crippen LogP contribution in [0.4, 0.5) is 5.69 Å². The molecule has 1 unspecified atom stereocenters. The van der Waals surface area contributed by atoms with Crippen molar-refractivity contribution in [3.63, 3.8) is 0 Å². The molecule has 0 saturated heterocycles. The first-order valence-corrected chi connectivity index (χ1v) is 6.98. The summed E-state index contributed by atoms with van der Waals surface area (Å²) < 4.78 is 5.27. The van der Waals surface area contributed by atoms with Gasteiger partial charge in [0.15, 0.2) is 0 Å². The summed E-state index contributed by atoms with van der Waals surface area (Å²) in [5.74, 6) is -0.251. The first-order chi connectivity index (χ1) is 10.1. The lowest BCUT2D eigenvalue weighted by molar-refractivity contribution is -0.149. The van der Waals surface area contributed by atoms with Gasteiger partial charge >= 0.3 is 5.97 Å². The average Bonchev–Trinajstić information content (AvgIpc) is 2.48. The number of benzene rings is 1. The Morgan fingerprint density at radius 3 is 2.76 bits per heavy atom. The van der Waals surface area contributed by atoms with E-state index in [1.807, 2.05) is 44.2 Å². The number of hydrogen-bond donors (Lipinski definition) is 1. The number of nitrogens with zero attached hydrogens (tertiary/aromatic N) is 1. The molecule has 110 valence electrons. The number of nitrogen functional groups attached to an aromatic ring is 1. The van der Waals surface area contributed by atoms with Crippen LogP contribution in [-0.2, 0) is 21.4 Å². The number of esters is 1. The monoisotopic (exact) mass is 284 g/mol. The number of carbonyl (C=O) groups excluding carboxylic acids is 1. The normalized spacial score (nSPS) is 13.4. The van der Waals surface area contributed by atoms with Crippen LogP contribution in [0.3, 0.4) is 0 Å². The maximum Gasteiger partial charge on any atom is 0.316 e. The predicted molar refractivity (Wildman–Crippen MR) is 82.8 cm³/mol. The van der Waals surface area contributed by atoms with Crippen molar-refractivity contribution in [2.24, 2.45) is 0 Å². The molecule has 4 nitrogen and oxygen atoms in total. The summed E-state index contributed by atoms with van der Waals surface area (Å²) in [5.41, 5.74) is 7.54. The zero-order chi connectivity index (χ0) is 15.3. The van der Waals surface area contributed by atoms with Crippen molar-refractivity contribution in [2.45, 2.75) is 25.7 Å². The van der Waals surface area contributed by atoms with Gasteiger partial charge in [-0.15, -0.1) is 0 Å². The van der Waals surface area contributed by atoms with Crippen molar-refractivity contribution < 1.29 is 9.53 Å². The molecule has 2 N–H and O–H groups in total. The summed E-state index contributed by atoms with van der Waals surface area (Å²) in [6.07, 6.45) is 4.00. The molecule has 0 aliphatic heterocycles. The van der Waals surface area contributed by atoms with E-state index in [1.165, 1.54) is 0 Å². The SMILES string of the molecule is CCOC(=O)C(C)(Cc1cccnc1)c1cccc(N)c1. The molecule has 2 rings (SSSR count). The first kappa shape index (κ1) is 15.0. The molecule has 0 saturated carbocycles. The van der Waals surface area contributed by atoms with E-state index in [0.29, 0.717) is 18.7 Å². The highest BCUT2D eigenvalue weighted by Gasteiger charge is 2.37. The Balaban J connectivity index is 2.41. The molecule has 0 aliphatic carbocycles. The maximum absolute atomic E-state index is 12.5. The number of hydrogen-bond acceptors (Lipinski definition) is 4. The Hall–Kier alpha value is -2.36. The van der Waals surface area contributed by atoms with Crippen molar-refractivity contribution in [1.29, 1.82) is 0 Å². The number of nitrogens with two attached hydrogens (primary N) is 1. The third kappa shape index (κ3) is 3.40. The van der Waals surface area contributed by atoms with E-state index in [9.17, 15) is 4.79 Å². The van der Waals surface area contributed by atoms with Crippen LogP contribution in [0.2, 0.25) is 0 Å². The van der Waals surface area contributed by atoms with Crippen molar-refractivity contribution >= 4 is 11.7 Å². The molecule has 0 radical (unpaired) electrons. The number of ether oxygens (including phenoxy) is 1. The maximum atomic E-state index is 12.5. The highest BCUT2D eigenvalue weighted by Crippen LogP contribution is 2.30. The van der Waals surface area contributed by atoms with Crippen molar-refractivity contribution in [3.8, 4) is 0 Å². The molecule has 4 heteroatoms. The largest absolute Gasteiger partial charge is 0.465 e. The Labute approximate surface area is 125 Å². The fourth-order valence-corrected chi connectivity index (χ4v) is 2.38. The fraction of sp³-hybridized carbons (Fsp3) is 0.294. The highest BCUT2D eigenvalue weighted by atomic mass is 16.5. The van der Waals surface area contributed by atoms with E-state index < -0.39 is 5.41 Å². The minimum Gasteiger partial charge on any atom is -0.465 e. The molecular formula is C17H20N2O2. The lowest BCUT2D eigenvalue weighted by Gasteiger charge is -2.28. The second-order valence-electron chi connectivity index (χ2n) is 5.22. The molecule has 1 heterocycles. The van der Waals surface area contributed by atoms with E-state index in [2.05, 4.69) is 4.98 Å². The van der Waals surface area contributed by atoms with Crippen LogP contribution in [0, 0.1) is 0 Å². The van der Waals surface area contributed by atoms with Gasteiger partial charge < -0.3 is 10.5 Å². The number of aromatic nitrogens is 1. The van der Waals surface area contributed by atoms with Gasteiger partial charge in [-0.05, 0) is 49.6 Å². The van der Waals surface area contributed by atoms with E-state index >= 15 is 0 Å². The van der Waals surface area contributed by atoms with Crippen LogP contribution in [0.1, 0.15) is 25.0 Å². The smallest absolute Gasteiger partial charge is 0.316 e. The standard InChI is InChI=1S/C17H20N2O2/c1-3-21-16(20)17(2,11-13-6-5-9-19-12-13)14-7-4-8-15(18)10-14/h4-10,12H,3,11,18H2,1-2H3. The number of pyridine rings is 1. The highest BCUT2D eigenvalue weighted by molar-refractivity contribution is 5.83. The van der Waals surface area contributed by atoms with Crippen LogP contribution in [0.25, 0.3) is 0 Å². The molecule has 0 aliphatic rings. The summed E-state index contributed by atoms with van der Waals surface area (Å²) in [4.78, 5) is 16.6. The molecule has 1 atom stereocenters. The Morgan fingerprint density at radius 1 is 1.33 bits per heavy atom. The van der Waals surface area contributed by atoms with Gasteiger partial charge in [0.2, 0.25) is 0 Å². The summed E-state index contributed by atoms with van der Waals surface area (Å²) in [7, 11) is 0. The number of anilines is 1. The molecule has 0 bridgehead atoms. The molecule has 1 aromatic carbocycles. The summed E-state index contributed by atoms with van der Waals surface area (Å²) in [5, 5.41) is 0. The minimum absolute atomic E-state index is 0.251.